The smallest absolute Gasteiger partial charge is 0.201 e. The average molecular weight is 619 g/mol. The molecule has 0 spiro atoms. The van der Waals surface area contributed by atoms with Gasteiger partial charge in [0, 0.05) is 31.0 Å². The fraction of sp³-hybridized carbons (Fsp3) is 0.333. The molecule has 2 aromatic heterocycles. The zero-order valence-electron chi connectivity index (χ0n) is 29.2. The van der Waals surface area contributed by atoms with Crippen LogP contribution < -0.4 is 9.13 Å². The molecule has 0 bridgehead atoms. The first kappa shape index (κ1) is 31.3. The average Bonchev–Trinajstić information content (AvgIpc) is 3.11. The molecule has 0 saturated carbocycles. The van der Waals surface area contributed by atoms with Gasteiger partial charge in [0.1, 0.15) is 7.05 Å². The van der Waals surface area contributed by atoms with Crippen LogP contribution in [0.2, 0.25) is 0 Å². The highest BCUT2D eigenvalue weighted by Crippen LogP contribution is 2.54. The highest BCUT2D eigenvalue weighted by Gasteiger charge is 2.60. The van der Waals surface area contributed by atoms with E-state index < -0.39 is 0 Å². The molecule has 3 atom stereocenters. The summed E-state index contributed by atoms with van der Waals surface area (Å²) in [6.45, 7) is 12.1. The van der Waals surface area contributed by atoms with E-state index >= 15 is 0 Å². The molecule has 238 valence electrons. The molecule has 7 rings (SSSR count). The van der Waals surface area contributed by atoms with Gasteiger partial charge in [-0.05, 0) is 83.2 Å². The first-order valence-electron chi connectivity index (χ1n) is 17.9. The molecule has 4 aromatic carbocycles. The van der Waals surface area contributed by atoms with Crippen molar-refractivity contribution in [3.63, 3.8) is 0 Å². The Morgan fingerprint density at radius 2 is 1.51 bits per heavy atom. The second kappa shape index (κ2) is 12.4. The number of unbranched alkanes of at least 4 members (excludes halogenated alkanes) is 1. The third kappa shape index (κ3) is 4.91. The van der Waals surface area contributed by atoms with Gasteiger partial charge in [-0.25, -0.2) is 4.57 Å². The van der Waals surface area contributed by atoms with E-state index in [1.165, 1.54) is 73.6 Å². The van der Waals surface area contributed by atoms with Crippen LogP contribution >= 0.6 is 0 Å². The van der Waals surface area contributed by atoms with Crippen molar-refractivity contribution >= 4 is 21.5 Å². The van der Waals surface area contributed by atoms with Gasteiger partial charge in [0.2, 0.25) is 11.4 Å². The lowest BCUT2D eigenvalue weighted by Crippen LogP contribution is -2.69. The topological polar surface area (TPSA) is 7.76 Å². The molecule has 47 heavy (non-hydrogen) atoms. The molecule has 3 heterocycles. The van der Waals surface area contributed by atoms with Crippen LogP contribution in [0.3, 0.4) is 0 Å². The monoisotopic (exact) mass is 618 g/mol. The lowest BCUT2D eigenvalue weighted by Gasteiger charge is -2.49. The van der Waals surface area contributed by atoms with Crippen LogP contribution in [0.25, 0.3) is 44.1 Å². The van der Waals surface area contributed by atoms with Crippen LogP contribution in [0.4, 0.5) is 0 Å². The minimum Gasteiger partial charge on any atom is -0.201 e. The molecular formula is C45H50N2+2. The van der Waals surface area contributed by atoms with Gasteiger partial charge in [0.25, 0.3) is 0 Å². The zero-order chi connectivity index (χ0) is 32.8. The Morgan fingerprint density at radius 3 is 2.30 bits per heavy atom. The Kier molecular flexibility index (Phi) is 8.25. The number of aromatic nitrogens is 2. The number of fused-ring (bicyclic) bond motifs is 6. The number of benzene rings is 4. The Balaban J connectivity index is 1.46. The number of nitrogens with zero attached hydrogens (tertiary/aromatic N) is 2. The first-order valence-corrected chi connectivity index (χ1v) is 17.9. The standard InChI is InChI=1S/C45H50N2/c1-7-10-17-33-23-25-38-35(30-33)27-29-47-43(38)39-20-13-14-21-40(39)44(5,8-2)45(47,9-3)31-32(4)36-26-24-34-18-11-12-19-37(34)42(36)41-22-15-16-28-46(41)6/h11-16,18-30,32H,7-10,17,31H2,1-6H3/q+2. The molecule has 0 amide bonds. The molecule has 3 unspecified atom stereocenters. The van der Waals surface area contributed by atoms with Gasteiger partial charge in [-0.1, -0.05) is 101 Å². The van der Waals surface area contributed by atoms with Gasteiger partial charge in [-0.2, -0.15) is 4.57 Å². The summed E-state index contributed by atoms with van der Waals surface area (Å²) in [6, 6.07) is 39.2. The van der Waals surface area contributed by atoms with Crippen LogP contribution in [0.15, 0.2) is 116 Å². The summed E-state index contributed by atoms with van der Waals surface area (Å²) < 4.78 is 5.01. The Hall–Kier alpha value is -4.30. The lowest BCUT2D eigenvalue weighted by atomic mass is 9.57. The van der Waals surface area contributed by atoms with Crippen molar-refractivity contribution in [2.75, 3.05) is 0 Å². The van der Waals surface area contributed by atoms with Gasteiger partial charge in [0.15, 0.2) is 17.9 Å². The Bertz CT molecular complexity index is 2090. The highest BCUT2D eigenvalue weighted by molar-refractivity contribution is 5.97. The number of hydrogen-bond donors (Lipinski definition) is 0. The summed E-state index contributed by atoms with van der Waals surface area (Å²) in [5, 5.41) is 5.34. The third-order valence-electron chi connectivity index (χ3n) is 11.8. The zero-order valence-corrected chi connectivity index (χ0v) is 29.2. The maximum absolute atomic E-state index is 2.73. The van der Waals surface area contributed by atoms with Gasteiger partial charge in [-0.3, -0.25) is 0 Å². The van der Waals surface area contributed by atoms with Crippen molar-refractivity contribution in [1.82, 2.24) is 0 Å². The summed E-state index contributed by atoms with van der Waals surface area (Å²) in [4.78, 5) is 0. The molecule has 6 aromatic rings. The molecule has 0 radical (unpaired) electrons. The molecule has 0 fully saturated rings. The van der Waals surface area contributed by atoms with Crippen molar-refractivity contribution in [2.24, 2.45) is 7.05 Å². The quantitative estimate of drug-likeness (QED) is 0.142. The van der Waals surface area contributed by atoms with E-state index in [0.29, 0.717) is 5.92 Å². The molecule has 2 nitrogen and oxygen atoms in total. The first-order chi connectivity index (χ1) is 22.9. The molecule has 2 heteroatoms. The maximum Gasteiger partial charge on any atom is 0.221 e. The lowest BCUT2D eigenvalue weighted by molar-refractivity contribution is -0.769. The minimum absolute atomic E-state index is 0.0482. The summed E-state index contributed by atoms with van der Waals surface area (Å²) in [5.74, 6) is 0.318. The molecule has 1 aliphatic heterocycles. The fourth-order valence-electron chi connectivity index (χ4n) is 9.11. The van der Waals surface area contributed by atoms with Crippen molar-refractivity contribution in [2.45, 2.75) is 90.0 Å². The van der Waals surface area contributed by atoms with Gasteiger partial charge >= 0.3 is 0 Å². The summed E-state index contributed by atoms with van der Waals surface area (Å²) in [6.07, 6.45) is 11.4. The molecule has 1 aliphatic rings. The van der Waals surface area contributed by atoms with E-state index in [4.69, 9.17) is 0 Å². The number of aryl methyl sites for hydroxylation is 2. The van der Waals surface area contributed by atoms with Crippen molar-refractivity contribution in [3.8, 4) is 22.5 Å². The van der Waals surface area contributed by atoms with E-state index in [2.05, 4.69) is 166 Å². The summed E-state index contributed by atoms with van der Waals surface area (Å²) in [5.41, 5.74) is 9.60. The molecule has 0 saturated heterocycles. The highest BCUT2D eigenvalue weighted by atomic mass is 15.1. The second-order valence-electron chi connectivity index (χ2n) is 14.2. The maximum atomic E-state index is 2.73. The normalized spacial score (nSPS) is 19.4. The van der Waals surface area contributed by atoms with E-state index in [1.807, 2.05) is 0 Å². The van der Waals surface area contributed by atoms with Crippen molar-refractivity contribution in [1.29, 1.82) is 0 Å². The van der Waals surface area contributed by atoms with Crippen LogP contribution in [0.5, 0.6) is 0 Å². The Morgan fingerprint density at radius 1 is 0.723 bits per heavy atom. The predicted molar refractivity (Wildman–Crippen MR) is 198 cm³/mol. The summed E-state index contributed by atoms with van der Waals surface area (Å²) in [7, 11) is 2.18. The minimum atomic E-state index is -0.123. The third-order valence-corrected chi connectivity index (χ3v) is 11.8. The molecule has 0 N–H and O–H groups in total. The van der Waals surface area contributed by atoms with Crippen molar-refractivity contribution < 1.29 is 9.13 Å². The fourth-order valence-corrected chi connectivity index (χ4v) is 9.11. The number of rotatable bonds is 9. The molecular weight excluding hydrogens is 569 g/mol. The number of pyridine rings is 2. The van der Waals surface area contributed by atoms with Crippen molar-refractivity contribution in [3.05, 3.63) is 132 Å². The van der Waals surface area contributed by atoms with Crippen LogP contribution in [0, 0.1) is 0 Å². The van der Waals surface area contributed by atoms with E-state index in [-0.39, 0.29) is 11.0 Å². The van der Waals surface area contributed by atoms with Crippen LogP contribution in [-0.4, -0.2) is 0 Å². The van der Waals surface area contributed by atoms with Gasteiger partial charge < -0.3 is 0 Å². The molecule has 0 aliphatic carbocycles. The van der Waals surface area contributed by atoms with E-state index in [0.717, 1.165) is 25.7 Å². The van der Waals surface area contributed by atoms with E-state index in [9.17, 15) is 0 Å². The largest absolute Gasteiger partial charge is 0.221 e. The SMILES string of the molecule is CCCCc1ccc2c3[n+](ccc2c1)C(CC)(CC(C)c1ccc2ccccc2c1-c1cccc[n+]1C)C(C)(CC)c1ccccc1-3. The summed E-state index contributed by atoms with van der Waals surface area (Å²) >= 11 is 0. The van der Waals surface area contributed by atoms with Gasteiger partial charge in [0.05, 0.1) is 21.9 Å². The van der Waals surface area contributed by atoms with Crippen LogP contribution in [-0.2, 0) is 24.4 Å². The predicted octanol–water partition coefficient (Wildman–Crippen LogP) is 10.8. The van der Waals surface area contributed by atoms with Gasteiger partial charge in [-0.15, -0.1) is 0 Å². The Labute approximate surface area is 281 Å². The van der Waals surface area contributed by atoms with Crippen LogP contribution in [0.1, 0.15) is 89.3 Å². The second-order valence-corrected chi connectivity index (χ2v) is 14.2. The van der Waals surface area contributed by atoms with E-state index in [1.54, 1.807) is 0 Å². The number of hydrogen-bond acceptors (Lipinski definition) is 0.